The van der Waals surface area contributed by atoms with Gasteiger partial charge in [-0.05, 0) is 30.3 Å². The average molecular weight is 319 g/mol. The molecule has 0 aliphatic rings. The van der Waals surface area contributed by atoms with Crippen LogP contribution in [0.15, 0.2) is 48.5 Å². The molecule has 24 heavy (non-hydrogen) atoms. The van der Waals surface area contributed by atoms with Gasteiger partial charge in [0, 0.05) is 23.7 Å². The predicted molar refractivity (Wildman–Crippen MR) is 94.6 cm³/mol. The molecule has 0 spiro atoms. The normalized spacial score (nSPS) is 10.3. The van der Waals surface area contributed by atoms with Gasteiger partial charge in [-0.15, -0.1) is 6.42 Å². The third kappa shape index (κ3) is 3.62. The van der Waals surface area contributed by atoms with Crippen LogP contribution in [-0.4, -0.2) is 30.3 Å². The lowest BCUT2D eigenvalue weighted by Crippen LogP contribution is -2.08. The highest BCUT2D eigenvalue weighted by Gasteiger charge is 2.09. The van der Waals surface area contributed by atoms with Crippen molar-refractivity contribution in [1.82, 2.24) is 9.97 Å². The highest BCUT2D eigenvalue weighted by Crippen LogP contribution is 2.26. The highest BCUT2D eigenvalue weighted by atomic mass is 16.5. The molecule has 3 rings (SSSR count). The Bertz CT molecular complexity index is 887. The van der Waals surface area contributed by atoms with Crippen molar-refractivity contribution in [3.8, 4) is 18.4 Å². The van der Waals surface area contributed by atoms with Gasteiger partial charge in [0.05, 0.1) is 12.1 Å². The Morgan fingerprint density at radius 1 is 1.08 bits per heavy atom. The molecule has 0 radical (unpaired) electrons. The molecule has 1 heterocycles. The molecular weight excluding hydrogens is 302 g/mol. The van der Waals surface area contributed by atoms with Gasteiger partial charge < -0.3 is 14.8 Å². The SMILES string of the molecule is C#Cc1cccc(Nc2nc(OCCOC)nc3ccccc23)c1. The van der Waals surface area contributed by atoms with Gasteiger partial charge in [0.25, 0.3) is 0 Å². The molecule has 0 bridgehead atoms. The summed E-state index contributed by atoms with van der Waals surface area (Å²) in [6.45, 7) is 0.865. The number of nitrogens with zero attached hydrogens (tertiary/aromatic N) is 2. The lowest BCUT2D eigenvalue weighted by atomic mass is 10.2. The number of para-hydroxylation sites is 1. The van der Waals surface area contributed by atoms with Crippen LogP contribution < -0.4 is 10.1 Å². The molecule has 0 aliphatic heterocycles. The number of hydrogen-bond donors (Lipinski definition) is 1. The van der Waals surface area contributed by atoms with Gasteiger partial charge >= 0.3 is 6.01 Å². The number of hydrogen-bond acceptors (Lipinski definition) is 5. The van der Waals surface area contributed by atoms with Gasteiger partial charge in [0.1, 0.15) is 12.4 Å². The van der Waals surface area contributed by atoms with Gasteiger partial charge in [-0.2, -0.15) is 9.97 Å². The van der Waals surface area contributed by atoms with Crippen molar-refractivity contribution >= 4 is 22.4 Å². The third-order valence-electron chi connectivity index (χ3n) is 3.39. The van der Waals surface area contributed by atoms with E-state index in [9.17, 15) is 0 Å². The first-order valence-corrected chi connectivity index (χ1v) is 7.52. The first-order valence-electron chi connectivity index (χ1n) is 7.52. The average Bonchev–Trinajstić information content (AvgIpc) is 2.62. The predicted octanol–water partition coefficient (Wildman–Crippen LogP) is 3.38. The maximum Gasteiger partial charge on any atom is 0.319 e. The standard InChI is InChI=1S/C19H17N3O2/c1-3-14-7-6-8-15(13-14)20-18-16-9-4-5-10-17(16)21-19(22-18)24-12-11-23-2/h1,4-10,13H,11-12H2,2H3,(H,20,21,22). The van der Waals surface area contributed by atoms with Crippen LogP contribution in [-0.2, 0) is 4.74 Å². The molecule has 2 aromatic carbocycles. The van der Waals surface area contributed by atoms with E-state index in [1.165, 1.54) is 0 Å². The van der Waals surface area contributed by atoms with Crippen LogP contribution in [0, 0.1) is 12.3 Å². The van der Waals surface area contributed by atoms with Crippen molar-refractivity contribution in [2.45, 2.75) is 0 Å². The highest BCUT2D eigenvalue weighted by molar-refractivity contribution is 5.91. The van der Waals surface area contributed by atoms with Crippen molar-refractivity contribution in [3.63, 3.8) is 0 Å². The fraction of sp³-hybridized carbons (Fsp3) is 0.158. The Labute approximate surface area is 140 Å². The molecule has 3 aromatic rings. The summed E-state index contributed by atoms with van der Waals surface area (Å²) in [6, 6.07) is 15.7. The minimum Gasteiger partial charge on any atom is -0.461 e. The van der Waals surface area contributed by atoms with Crippen molar-refractivity contribution in [2.75, 3.05) is 25.6 Å². The zero-order valence-electron chi connectivity index (χ0n) is 13.3. The summed E-state index contributed by atoms with van der Waals surface area (Å²) < 4.78 is 10.5. The van der Waals surface area contributed by atoms with Gasteiger partial charge in [-0.3, -0.25) is 0 Å². The summed E-state index contributed by atoms with van der Waals surface area (Å²) in [5, 5.41) is 4.20. The van der Waals surface area contributed by atoms with Crippen LogP contribution in [0.1, 0.15) is 5.56 Å². The number of fused-ring (bicyclic) bond motifs is 1. The Morgan fingerprint density at radius 3 is 2.79 bits per heavy atom. The minimum absolute atomic E-state index is 0.307. The third-order valence-corrected chi connectivity index (χ3v) is 3.39. The molecule has 0 atom stereocenters. The maximum atomic E-state index is 5.56. The summed E-state index contributed by atoms with van der Waals surface area (Å²) in [4.78, 5) is 8.89. The zero-order chi connectivity index (χ0) is 16.8. The Kier molecular flexibility index (Phi) is 4.90. The van der Waals surface area contributed by atoms with Gasteiger partial charge in [-0.25, -0.2) is 0 Å². The number of methoxy groups -OCH3 is 1. The van der Waals surface area contributed by atoms with Gasteiger partial charge in [0.2, 0.25) is 0 Å². The van der Waals surface area contributed by atoms with Crippen molar-refractivity contribution < 1.29 is 9.47 Å². The number of aromatic nitrogens is 2. The summed E-state index contributed by atoms with van der Waals surface area (Å²) in [5.41, 5.74) is 2.46. The second-order valence-electron chi connectivity index (χ2n) is 5.06. The molecule has 0 aliphatic carbocycles. The number of benzene rings is 2. The van der Waals surface area contributed by atoms with E-state index in [1.807, 2.05) is 48.5 Å². The van der Waals surface area contributed by atoms with Crippen molar-refractivity contribution in [3.05, 3.63) is 54.1 Å². The van der Waals surface area contributed by atoms with E-state index in [1.54, 1.807) is 7.11 Å². The first kappa shape index (κ1) is 15.8. The van der Waals surface area contributed by atoms with E-state index in [0.717, 1.165) is 22.2 Å². The van der Waals surface area contributed by atoms with E-state index in [0.29, 0.717) is 25.0 Å². The van der Waals surface area contributed by atoms with Crippen LogP contribution in [0.2, 0.25) is 0 Å². The fourth-order valence-electron chi connectivity index (χ4n) is 2.25. The van der Waals surface area contributed by atoms with Crippen LogP contribution in [0.4, 0.5) is 11.5 Å². The number of terminal acetylenes is 1. The summed E-state index contributed by atoms with van der Waals surface area (Å²) in [5.74, 6) is 3.29. The second-order valence-corrected chi connectivity index (χ2v) is 5.06. The van der Waals surface area contributed by atoms with E-state index in [4.69, 9.17) is 15.9 Å². The molecule has 0 unspecified atom stereocenters. The zero-order valence-corrected chi connectivity index (χ0v) is 13.3. The second kappa shape index (κ2) is 7.44. The van der Waals surface area contributed by atoms with Gasteiger partial charge in [-0.1, -0.05) is 24.1 Å². The lowest BCUT2D eigenvalue weighted by Gasteiger charge is -2.11. The van der Waals surface area contributed by atoms with Crippen LogP contribution in [0.3, 0.4) is 0 Å². The summed E-state index contributed by atoms with van der Waals surface area (Å²) >= 11 is 0. The van der Waals surface area contributed by atoms with Gasteiger partial charge in [0.15, 0.2) is 0 Å². The van der Waals surface area contributed by atoms with Crippen molar-refractivity contribution in [2.24, 2.45) is 0 Å². The van der Waals surface area contributed by atoms with Crippen LogP contribution in [0.25, 0.3) is 10.9 Å². The number of anilines is 2. The molecule has 1 N–H and O–H groups in total. The lowest BCUT2D eigenvalue weighted by molar-refractivity contribution is 0.141. The number of ether oxygens (including phenoxy) is 2. The molecule has 1 aromatic heterocycles. The maximum absolute atomic E-state index is 5.56. The fourth-order valence-corrected chi connectivity index (χ4v) is 2.25. The molecule has 0 saturated carbocycles. The molecule has 5 heteroatoms. The molecule has 5 nitrogen and oxygen atoms in total. The van der Waals surface area contributed by atoms with E-state index in [-0.39, 0.29) is 0 Å². The van der Waals surface area contributed by atoms with E-state index in [2.05, 4.69) is 21.2 Å². The van der Waals surface area contributed by atoms with Crippen LogP contribution >= 0.6 is 0 Å². The van der Waals surface area contributed by atoms with E-state index >= 15 is 0 Å². The Morgan fingerprint density at radius 2 is 1.96 bits per heavy atom. The number of rotatable bonds is 6. The quantitative estimate of drug-likeness (QED) is 0.557. The molecule has 0 amide bonds. The first-order chi connectivity index (χ1) is 11.8. The monoisotopic (exact) mass is 319 g/mol. The molecule has 120 valence electrons. The number of nitrogens with one attached hydrogen (secondary N) is 1. The summed E-state index contributed by atoms with van der Waals surface area (Å²) in [6.07, 6.45) is 5.46. The molecular formula is C19H17N3O2. The van der Waals surface area contributed by atoms with Crippen LogP contribution in [0.5, 0.6) is 6.01 Å². The molecule has 0 saturated heterocycles. The largest absolute Gasteiger partial charge is 0.461 e. The topological polar surface area (TPSA) is 56.3 Å². The summed E-state index contributed by atoms with van der Waals surface area (Å²) in [7, 11) is 1.62. The smallest absolute Gasteiger partial charge is 0.319 e. The van der Waals surface area contributed by atoms with Crippen molar-refractivity contribution in [1.29, 1.82) is 0 Å². The minimum atomic E-state index is 0.307. The molecule has 0 fully saturated rings. The van der Waals surface area contributed by atoms with E-state index < -0.39 is 0 Å². The Hall–Kier alpha value is -3.10. The Balaban J connectivity index is 1.96.